The molecule has 340 valence electrons. The van der Waals surface area contributed by atoms with E-state index in [0.29, 0.717) is 18.5 Å². The summed E-state index contributed by atoms with van der Waals surface area (Å²) in [6.45, 7) is 7.58. The van der Waals surface area contributed by atoms with Gasteiger partial charge in [-0.15, -0.1) is 0 Å². The highest BCUT2D eigenvalue weighted by molar-refractivity contribution is 7.95. The molecule has 12 heteroatoms. The van der Waals surface area contributed by atoms with Crippen LogP contribution in [0.4, 0.5) is 4.79 Å². The Morgan fingerprint density at radius 1 is 0.844 bits per heavy atom. The molecular formula is C52H65N3O8P+. The van der Waals surface area contributed by atoms with Gasteiger partial charge in [-0.1, -0.05) is 99.2 Å². The summed E-state index contributed by atoms with van der Waals surface area (Å²) < 4.78 is 16.9. The number of carbonyl (C=O) groups excluding carboxylic acids is 4. The third kappa shape index (κ3) is 12.6. The number of ketones is 2. The number of carbonyl (C=O) groups is 4. The minimum Gasteiger partial charge on any atom is -0.439 e. The SMILES string of the molecule is CO[C@H]1/C=C\C=C(\C)C(=O)NC2=CC(=O)C(NCCCCCC[P+](c3ccccc3)(c3ccccc3)c3ccccc3)=C(C[C@@H](C)C[C@H](OC)[C@H](O)[C@@H](C)/C=C(/C)[C@@H]1OC(N)=O)C2=O. The highest BCUT2D eigenvalue weighted by Crippen LogP contribution is 2.56. The Morgan fingerprint density at radius 3 is 1.97 bits per heavy atom. The number of Topliss-reactive ketones (excluding diaryl/α,β-unsaturated/α-hetero) is 1. The van der Waals surface area contributed by atoms with Gasteiger partial charge in [-0.05, 0) is 93.8 Å². The molecule has 11 nitrogen and oxygen atoms in total. The van der Waals surface area contributed by atoms with E-state index in [2.05, 4.69) is 102 Å². The normalized spacial score (nSPS) is 25.0. The number of nitrogens with one attached hydrogen (secondary N) is 2. The van der Waals surface area contributed by atoms with E-state index in [0.717, 1.165) is 31.8 Å². The van der Waals surface area contributed by atoms with Crippen LogP contribution in [0.25, 0.3) is 0 Å². The van der Waals surface area contributed by atoms with Gasteiger partial charge in [0.15, 0.2) is 6.10 Å². The number of aliphatic hydroxyl groups is 1. The lowest BCUT2D eigenvalue weighted by Gasteiger charge is -2.30. The molecule has 0 unspecified atom stereocenters. The average Bonchev–Trinajstić information content (AvgIpc) is 3.29. The summed E-state index contributed by atoms with van der Waals surface area (Å²) in [6.07, 6.45) is 8.61. The molecule has 5 N–H and O–H groups in total. The fraction of sp³-hybridized carbons (Fsp3) is 0.385. The number of primary amides is 1. The van der Waals surface area contributed by atoms with Crippen LogP contribution in [-0.2, 0) is 28.6 Å². The molecule has 2 aliphatic rings. The number of ether oxygens (including phenoxy) is 3. The van der Waals surface area contributed by atoms with E-state index in [1.165, 1.54) is 42.3 Å². The topological polar surface area (TPSA) is 166 Å². The van der Waals surface area contributed by atoms with Crippen LogP contribution in [0.1, 0.15) is 66.2 Å². The molecule has 6 atom stereocenters. The van der Waals surface area contributed by atoms with Gasteiger partial charge in [0.2, 0.25) is 11.6 Å². The zero-order chi connectivity index (χ0) is 46.2. The first kappa shape index (κ1) is 49.6. The van der Waals surface area contributed by atoms with E-state index in [4.69, 9.17) is 19.9 Å². The van der Waals surface area contributed by atoms with Crippen LogP contribution in [0, 0.1) is 11.8 Å². The number of amides is 2. The third-order valence-corrected chi connectivity index (χ3v) is 16.6. The second kappa shape index (κ2) is 24.0. The monoisotopic (exact) mass is 890 g/mol. The van der Waals surface area contributed by atoms with E-state index in [1.807, 2.05) is 13.8 Å². The summed E-state index contributed by atoms with van der Waals surface area (Å²) in [4.78, 5) is 53.4. The van der Waals surface area contributed by atoms with Gasteiger partial charge in [-0.3, -0.25) is 14.4 Å². The first-order valence-corrected chi connectivity index (χ1v) is 24.1. The van der Waals surface area contributed by atoms with Crippen LogP contribution >= 0.6 is 7.26 Å². The number of allylic oxidation sites excluding steroid dienone is 4. The van der Waals surface area contributed by atoms with E-state index in [9.17, 15) is 24.3 Å². The van der Waals surface area contributed by atoms with Gasteiger partial charge in [0.1, 0.15) is 29.3 Å². The zero-order valence-corrected chi connectivity index (χ0v) is 38.9. The highest BCUT2D eigenvalue weighted by Gasteiger charge is 2.44. The van der Waals surface area contributed by atoms with Gasteiger partial charge in [-0.2, -0.15) is 0 Å². The number of hydrogen-bond acceptors (Lipinski definition) is 9. The van der Waals surface area contributed by atoms with Crippen molar-refractivity contribution in [2.75, 3.05) is 26.9 Å². The molecule has 0 radical (unpaired) electrons. The number of methoxy groups -OCH3 is 2. The zero-order valence-electron chi connectivity index (χ0n) is 38.0. The summed E-state index contributed by atoms with van der Waals surface area (Å²) in [6, 6.07) is 32.6. The molecule has 3 aromatic carbocycles. The summed E-state index contributed by atoms with van der Waals surface area (Å²) in [5.41, 5.74) is 6.67. The van der Waals surface area contributed by atoms with E-state index in [1.54, 1.807) is 32.1 Å². The largest absolute Gasteiger partial charge is 0.439 e. The van der Waals surface area contributed by atoms with Gasteiger partial charge in [0.25, 0.3) is 5.91 Å². The maximum absolute atomic E-state index is 14.2. The van der Waals surface area contributed by atoms with Crippen molar-refractivity contribution >= 4 is 46.7 Å². The molecule has 3 aromatic rings. The minimum atomic E-state index is -1.94. The van der Waals surface area contributed by atoms with Crippen molar-refractivity contribution in [3.8, 4) is 0 Å². The lowest BCUT2D eigenvalue weighted by Crippen LogP contribution is -2.38. The van der Waals surface area contributed by atoms with Gasteiger partial charge in [0, 0.05) is 43.9 Å². The smallest absolute Gasteiger partial charge is 0.405 e. The standard InChI is InChI=1S/C52H64N3O8P/c1-35-31-42-47(54-29-18-7-8-19-30-64(39-22-12-9-13-23-39,40-24-14-10-15-25-40)41-26-16-11-17-27-41)44(56)34-43(49(42)58)55-51(59)36(2)21-20-28-45(61-5)50(63-52(53)60)38(4)33-37(3)48(57)46(32-35)62-6/h9-17,20-28,33-35,37,45-46,48,50,57H,7-8,18-19,29-32H2,1-6H3,(H3-,53,54,55,56,58,59,60)/p+1/b28-20-,36-21-,38-33-/t35-,37+,45+,46+,48-,50+/m1/s1. The second-order valence-corrected chi connectivity index (χ2v) is 20.4. The van der Waals surface area contributed by atoms with E-state index in [-0.39, 0.29) is 34.9 Å². The van der Waals surface area contributed by atoms with Gasteiger partial charge < -0.3 is 35.7 Å². The van der Waals surface area contributed by atoms with Crippen LogP contribution in [0.3, 0.4) is 0 Å². The number of rotatable bonds is 14. The maximum atomic E-state index is 14.2. The molecule has 2 amide bonds. The fourth-order valence-electron chi connectivity index (χ4n) is 8.70. The number of unbranched alkanes of at least 4 members (excludes halogenated alkanes) is 3. The summed E-state index contributed by atoms with van der Waals surface area (Å²) in [5.74, 6) is -2.09. The quantitative estimate of drug-likeness (QED) is 0.0583. The second-order valence-electron chi connectivity index (χ2n) is 16.8. The maximum Gasteiger partial charge on any atom is 0.405 e. The Morgan fingerprint density at radius 2 is 1.42 bits per heavy atom. The van der Waals surface area contributed by atoms with E-state index >= 15 is 0 Å². The molecule has 0 spiro atoms. The van der Waals surface area contributed by atoms with Crippen molar-refractivity contribution in [1.29, 1.82) is 0 Å². The number of nitrogens with two attached hydrogens (primary N) is 1. The lowest BCUT2D eigenvalue weighted by molar-refractivity contribution is -0.120. The first-order valence-electron chi connectivity index (χ1n) is 22.2. The summed E-state index contributed by atoms with van der Waals surface area (Å²) >= 11 is 0. The number of aliphatic hydroxyl groups excluding tert-OH is 1. The molecule has 0 aromatic heterocycles. The molecular weight excluding hydrogens is 826 g/mol. The number of benzene rings is 3. The van der Waals surface area contributed by atoms with Crippen LogP contribution in [0.15, 0.2) is 149 Å². The third-order valence-electron chi connectivity index (χ3n) is 12.1. The summed E-state index contributed by atoms with van der Waals surface area (Å²) in [5, 5.41) is 21.6. The Hall–Kier alpha value is -5.45. The molecule has 0 saturated heterocycles. The average molecular weight is 891 g/mol. The van der Waals surface area contributed by atoms with Crippen molar-refractivity contribution in [2.45, 2.75) is 90.6 Å². The van der Waals surface area contributed by atoms with E-state index < -0.39 is 61.2 Å². The van der Waals surface area contributed by atoms with Crippen LogP contribution in [0.5, 0.6) is 0 Å². The van der Waals surface area contributed by atoms with Gasteiger partial charge in [0.05, 0.1) is 29.8 Å². The Kier molecular flexibility index (Phi) is 18.6. The summed E-state index contributed by atoms with van der Waals surface area (Å²) in [7, 11) is 1.03. The Balaban J connectivity index is 1.34. The van der Waals surface area contributed by atoms with Crippen molar-refractivity contribution in [2.24, 2.45) is 17.6 Å². The van der Waals surface area contributed by atoms with Crippen molar-refractivity contribution in [3.63, 3.8) is 0 Å². The van der Waals surface area contributed by atoms with Crippen molar-refractivity contribution < 1.29 is 38.5 Å². The number of fused-ring (bicyclic) bond motifs is 2. The molecule has 1 aliphatic heterocycles. The number of hydrogen-bond donors (Lipinski definition) is 4. The predicted octanol–water partition coefficient (Wildman–Crippen LogP) is 6.91. The Labute approximate surface area is 379 Å². The molecule has 5 rings (SSSR count). The highest BCUT2D eigenvalue weighted by atomic mass is 31.2. The molecule has 0 fully saturated rings. The molecule has 0 saturated carbocycles. The lowest BCUT2D eigenvalue weighted by atomic mass is 9.85. The van der Waals surface area contributed by atoms with Crippen LogP contribution in [-0.4, -0.2) is 80.0 Å². The Bertz CT molecular complexity index is 2120. The molecule has 1 aliphatic carbocycles. The molecule has 1 heterocycles. The predicted molar refractivity (Wildman–Crippen MR) is 256 cm³/mol. The van der Waals surface area contributed by atoms with Gasteiger partial charge >= 0.3 is 6.09 Å². The molecule has 2 bridgehead atoms. The van der Waals surface area contributed by atoms with Crippen molar-refractivity contribution in [1.82, 2.24) is 10.6 Å². The molecule has 64 heavy (non-hydrogen) atoms. The van der Waals surface area contributed by atoms with Crippen LogP contribution < -0.4 is 32.3 Å². The minimum absolute atomic E-state index is 0.110. The van der Waals surface area contributed by atoms with Crippen LogP contribution in [0.2, 0.25) is 0 Å². The fourth-order valence-corrected chi connectivity index (χ4v) is 13.1. The van der Waals surface area contributed by atoms with Crippen molar-refractivity contribution in [3.05, 3.63) is 149 Å². The first-order chi connectivity index (χ1) is 30.8. The van der Waals surface area contributed by atoms with Gasteiger partial charge in [-0.25, -0.2) is 4.79 Å².